The van der Waals surface area contributed by atoms with Gasteiger partial charge in [-0.05, 0) is 167 Å². The average Bonchev–Trinajstić information content (AvgIpc) is 3.38. The number of carbonyl (C=O) groups excluding carboxylic acids is 1. The third-order valence-corrected chi connectivity index (χ3v) is 11.1. The van der Waals surface area contributed by atoms with Crippen LogP contribution < -0.4 is 0 Å². The summed E-state index contributed by atoms with van der Waals surface area (Å²) in [6.45, 7) is 23.7. The molecule has 0 aromatic rings. The molecule has 0 saturated heterocycles. The van der Waals surface area contributed by atoms with Crippen molar-refractivity contribution in [1.29, 1.82) is 0 Å². The Morgan fingerprint density at radius 1 is 0.239 bits per heavy atom. The standard InChI is InChI=1S/C56H110O15/c1-3-56(57)71-55-29-28-54-70-53-27-26-52-69-51-25-24-50-68-49-23-22-48-67-47-21-20-46-66-45-19-18-44-65-43-17-16-42-64-41-15-14-40-63-39-13-12-38-62-37-11-10-36-61-35-9-8-34-60-33-7-6-32-59-31-5-4-30-58-2/h3H,1,4-55H2,2H3. The zero-order valence-corrected chi connectivity index (χ0v) is 45.7. The van der Waals surface area contributed by atoms with Gasteiger partial charge in [-0.25, -0.2) is 4.79 Å². The lowest BCUT2D eigenvalue weighted by molar-refractivity contribution is -0.137. The van der Waals surface area contributed by atoms with Gasteiger partial charge in [0.2, 0.25) is 0 Å². The van der Waals surface area contributed by atoms with Crippen LogP contribution in [-0.4, -0.2) is 185 Å². The highest BCUT2D eigenvalue weighted by Gasteiger charge is 2.01. The zero-order valence-electron chi connectivity index (χ0n) is 45.7. The zero-order chi connectivity index (χ0) is 51.0. The number of unbranched alkanes of at least 4 members (excludes halogenated alkanes) is 13. The number of methoxy groups -OCH3 is 1. The van der Waals surface area contributed by atoms with Crippen molar-refractivity contribution in [2.45, 2.75) is 167 Å². The normalized spacial score (nSPS) is 11.6. The first-order chi connectivity index (χ1) is 35.3. The van der Waals surface area contributed by atoms with E-state index < -0.39 is 0 Å². The van der Waals surface area contributed by atoms with Gasteiger partial charge in [0.1, 0.15) is 0 Å². The Balaban J connectivity index is 3.08. The van der Waals surface area contributed by atoms with Crippen LogP contribution in [0.1, 0.15) is 167 Å². The third-order valence-electron chi connectivity index (χ3n) is 11.1. The molecule has 0 radical (unpaired) electrons. The van der Waals surface area contributed by atoms with Crippen molar-refractivity contribution in [2.24, 2.45) is 0 Å². The van der Waals surface area contributed by atoms with E-state index in [2.05, 4.69) is 6.58 Å². The Labute approximate surface area is 434 Å². The lowest BCUT2D eigenvalue weighted by Crippen LogP contribution is -2.05. The van der Waals surface area contributed by atoms with Crippen LogP contribution in [0.4, 0.5) is 0 Å². The van der Waals surface area contributed by atoms with E-state index in [1.807, 2.05) is 0 Å². The third kappa shape index (κ3) is 66.7. The lowest BCUT2D eigenvalue weighted by Gasteiger charge is -2.08. The van der Waals surface area contributed by atoms with E-state index in [9.17, 15) is 4.79 Å². The molecule has 0 aliphatic rings. The Morgan fingerprint density at radius 3 is 0.493 bits per heavy atom. The Morgan fingerprint density at radius 2 is 0.366 bits per heavy atom. The molecule has 0 fully saturated rings. The lowest BCUT2D eigenvalue weighted by atomic mass is 10.3. The van der Waals surface area contributed by atoms with Crippen LogP contribution in [0.25, 0.3) is 0 Å². The fraction of sp³-hybridized carbons (Fsp3) is 0.946. The van der Waals surface area contributed by atoms with Gasteiger partial charge in [0.05, 0.1) is 6.61 Å². The predicted molar refractivity (Wildman–Crippen MR) is 283 cm³/mol. The van der Waals surface area contributed by atoms with E-state index in [-0.39, 0.29) is 5.97 Å². The van der Waals surface area contributed by atoms with Gasteiger partial charge in [-0.1, -0.05) is 6.58 Å². The van der Waals surface area contributed by atoms with Gasteiger partial charge in [-0.15, -0.1) is 0 Å². The van der Waals surface area contributed by atoms with Crippen molar-refractivity contribution in [3.8, 4) is 0 Å². The van der Waals surface area contributed by atoms with Crippen LogP contribution in [0.15, 0.2) is 12.7 Å². The highest BCUT2D eigenvalue weighted by Crippen LogP contribution is 2.04. The van der Waals surface area contributed by atoms with Gasteiger partial charge in [0.25, 0.3) is 0 Å². The first kappa shape index (κ1) is 69.7. The summed E-state index contributed by atoms with van der Waals surface area (Å²) in [5.74, 6) is -0.369. The maximum Gasteiger partial charge on any atom is 0.330 e. The van der Waals surface area contributed by atoms with Crippen molar-refractivity contribution in [2.75, 3.05) is 179 Å². The van der Waals surface area contributed by atoms with E-state index in [4.69, 9.17) is 66.3 Å². The molecule has 0 amide bonds. The van der Waals surface area contributed by atoms with Gasteiger partial charge in [-0.3, -0.25) is 0 Å². The molecule has 15 heteroatoms. The number of rotatable bonds is 66. The first-order valence-corrected chi connectivity index (χ1v) is 28.5. The van der Waals surface area contributed by atoms with E-state index >= 15 is 0 Å². The Hall–Kier alpha value is -1.31. The molecule has 0 aromatic heterocycles. The van der Waals surface area contributed by atoms with Crippen LogP contribution >= 0.6 is 0 Å². The molecule has 0 atom stereocenters. The van der Waals surface area contributed by atoms with Crippen molar-refractivity contribution in [3.63, 3.8) is 0 Å². The minimum atomic E-state index is -0.369. The van der Waals surface area contributed by atoms with E-state index in [0.29, 0.717) is 13.2 Å². The summed E-state index contributed by atoms with van der Waals surface area (Å²) in [4.78, 5) is 10.9. The fourth-order valence-electron chi connectivity index (χ4n) is 6.70. The van der Waals surface area contributed by atoms with Crippen LogP contribution in [0.2, 0.25) is 0 Å². The second-order valence-electron chi connectivity index (χ2n) is 17.9. The second kappa shape index (κ2) is 66.7. The summed E-state index contributed by atoms with van der Waals surface area (Å²) < 4.78 is 78.8. The molecule has 424 valence electrons. The smallest absolute Gasteiger partial charge is 0.330 e. The van der Waals surface area contributed by atoms with E-state index in [1.54, 1.807) is 7.11 Å². The van der Waals surface area contributed by atoms with Gasteiger partial charge < -0.3 is 66.3 Å². The van der Waals surface area contributed by atoms with Gasteiger partial charge >= 0.3 is 5.97 Å². The molecule has 15 nitrogen and oxygen atoms in total. The molecule has 0 saturated carbocycles. The van der Waals surface area contributed by atoms with Gasteiger partial charge in [-0.2, -0.15) is 0 Å². The van der Waals surface area contributed by atoms with Crippen molar-refractivity contribution in [3.05, 3.63) is 12.7 Å². The largest absolute Gasteiger partial charge is 0.463 e. The molecule has 0 unspecified atom stereocenters. The monoisotopic (exact) mass is 1020 g/mol. The quantitative estimate of drug-likeness (QED) is 0.0323. The predicted octanol–water partition coefficient (Wildman–Crippen LogP) is 10.7. The van der Waals surface area contributed by atoms with Gasteiger partial charge in [0.15, 0.2) is 0 Å². The topological polar surface area (TPSA) is 146 Å². The SMILES string of the molecule is C=CC(=O)OCCCCOCCCCOCCCCOCCCCOCCCCOCCCCOCCCCOCCCCOCCCCOCCCCOCCCCOCCCCOCCCCOC. The van der Waals surface area contributed by atoms with Crippen LogP contribution in [0, 0.1) is 0 Å². The fourth-order valence-corrected chi connectivity index (χ4v) is 6.70. The summed E-state index contributed by atoms with van der Waals surface area (Å²) in [6, 6.07) is 0. The molecule has 0 rings (SSSR count). The maximum atomic E-state index is 10.9. The molecular weight excluding hydrogens is 913 g/mol. The number of carbonyl (C=O) groups is 1. The first-order valence-electron chi connectivity index (χ1n) is 28.5. The molecule has 0 spiro atoms. The Bertz CT molecular complexity index is 981. The molecule has 0 heterocycles. The van der Waals surface area contributed by atoms with Crippen molar-refractivity contribution in [1.82, 2.24) is 0 Å². The molecule has 0 N–H and O–H groups in total. The summed E-state index contributed by atoms with van der Waals surface area (Å²) in [5.41, 5.74) is 0. The maximum absolute atomic E-state index is 10.9. The summed E-state index contributed by atoms with van der Waals surface area (Å²) in [6.07, 6.45) is 27.9. The number of hydrogen-bond donors (Lipinski definition) is 0. The second-order valence-corrected chi connectivity index (χ2v) is 17.9. The average molecular weight is 1020 g/mol. The number of hydrogen-bond acceptors (Lipinski definition) is 15. The molecule has 0 aromatic carbocycles. The molecule has 71 heavy (non-hydrogen) atoms. The summed E-state index contributed by atoms with van der Waals surface area (Å²) in [5, 5.41) is 0. The highest BCUT2D eigenvalue weighted by molar-refractivity contribution is 5.81. The van der Waals surface area contributed by atoms with E-state index in [1.165, 1.54) is 6.08 Å². The van der Waals surface area contributed by atoms with Crippen LogP contribution in [0.3, 0.4) is 0 Å². The van der Waals surface area contributed by atoms with Gasteiger partial charge in [0, 0.05) is 178 Å². The van der Waals surface area contributed by atoms with Crippen LogP contribution in [-0.2, 0) is 71.1 Å². The van der Waals surface area contributed by atoms with Crippen LogP contribution in [0.5, 0.6) is 0 Å². The molecule has 0 aliphatic carbocycles. The molecule has 0 aliphatic heterocycles. The van der Waals surface area contributed by atoms with E-state index in [0.717, 1.165) is 326 Å². The molecule has 0 bridgehead atoms. The minimum absolute atomic E-state index is 0.369. The number of ether oxygens (including phenoxy) is 14. The minimum Gasteiger partial charge on any atom is -0.463 e. The summed E-state index contributed by atoms with van der Waals surface area (Å²) >= 11 is 0. The summed E-state index contributed by atoms with van der Waals surface area (Å²) in [7, 11) is 1.74. The molecular formula is C56H110O15. The van der Waals surface area contributed by atoms with Crippen molar-refractivity contribution < 1.29 is 71.1 Å². The van der Waals surface area contributed by atoms with Crippen molar-refractivity contribution >= 4 is 5.97 Å². The highest BCUT2D eigenvalue weighted by atomic mass is 16.5. The number of esters is 1. The Kier molecular flexibility index (Phi) is 65.5.